The SMILES string of the molecule is CCOc1ccc(NC(=O)CCC(C)N)cc1. The predicted molar refractivity (Wildman–Crippen MR) is 69.1 cm³/mol. The quantitative estimate of drug-likeness (QED) is 0.795. The Kier molecular flexibility index (Phi) is 5.49. The van der Waals surface area contributed by atoms with E-state index < -0.39 is 0 Å². The lowest BCUT2D eigenvalue weighted by molar-refractivity contribution is -0.116. The molecule has 0 radical (unpaired) electrons. The van der Waals surface area contributed by atoms with E-state index in [9.17, 15) is 4.79 Å². The molecule has 94 valence electrons. The third-order valence-corrected chi connectivity index (χ3v) is 2.28. The standard InChI is InChI=1S/C13H20N2O2/c1-3-17-12-7-5-11(6-8-12)15-13(16)9-4-10(2)14/h5-8,10H,3-4,9,14H2,1-2H3,(H,15,16). The highest BCUT2D eigenvalue weighted by Gasteiger charge is 2.04. The van der Waals surface area contributed by atoms with E-state index in [4.69, 9.17) is 10.5 Å². The predicted octanol–water partition coefficient (Wildman–Crippen LogP) is 2.15. The molecule has 4 heteroatoms. The lowest BCUT2D eigenvalue weighted by atomic mass is 10.2. The Morgan fingerprint density at radius 1 is 1.41 bits per heavy atom. The summed E-state index contributed by atoms with van der Waals surface area (Å²) < 4.78 is 5.32. The zero-order chi connectivity index (χ0) is 12.7. The molecule has 17 heavy (non-hydrogen) atoms. The first-order valence-electron chi connectivity index (χ1n) is 5.90. The molecule has 0 saturated carbocycles. The van der Waals surface area contributed by atoms with Crippen LogP contribution < -0.4 is 15.8 Å². The highest BCUT2D eigenvalue weighted by atomic mass is 16.5. The van der Waals surface area contributed by atoms with Crippen molar-refractivity contribution in [2.45, 2.75) is 32.7 Å². The summed E-state index contributed by atoms with van der Waals surface area (Å²) >= 11 is 0. The fraction of sp³-hybridized carbons (Fsp3) is 0.462. The van der Waals surface area contributed by atoms with Gasteiger partial charge in [-0.25, -0.2) is 0 Å². The first kappa shape index (κ1) is 13.5. The average molecular weight is 236 g/mol. The van der Waals surface area contributed by atoms with Crippen molar-refractivity contribution in [3.8, 4) is 5.75 Å². The Hall–Kier alpha value is -1.55. The summed E-state index contributed by atoms with van der Waals surface area (Å²) in [5.74, 6) is 0.799. The first-order valence-corrected chi connectivity index (χ1v) is 5.90. The van der Waals surface area contributed by atoms with E-state index in [1.807, 2.05) is 38.1 Å². The molecule has 1 aromatic carbocycles. The lowest BCUT2D eigenvalue weighted by Crippen LogP contribution is -2.19. The molecule has 0 heterocycles. The zero-order valence-corrected chi connectivity index (χ0v) is 10.4. The van der Waals surface area contributed by atoms with Crippen molar-refractivity contribution in [1.29, 1.82) is 0 Å². The lowest BCUT2D eigenvalue weighted by Gasteiger charge is -2.08. The van der Waals surface area contributed by atoms with Gasteiger partial charge in [0.2, 0.25) is 5.91 Å². The van der Waals surface area contributed by atoms with Gasteiger partial charge in [-0.2, -0.15) is 0 Å². The molecule has 0 saturated heterocycles. The molecule has 0 aliphatic rings. The fourth-order valence-corrected chi connectivity index (χ4v) is 1.38. The van der Waals surface area contributed by atoms with Gasteiger partial charge in [0.25, 0.3) is 0 Å². The maximum atomic E-state index is 11.5. The molecule has 0 aromatic heterocycles. The van der Waals surface area contributed by atoms with Crippen molar-refractivity contribution < 1.29 is 9.53 Å². The largest absolute Gasteiger partial charge is 0.494 e. The van der Waals surface area contributed by atoms with Gasteiger partial charge in [0.15, 0.2) is 0 Å². The second-order valence-electron chi connectivity index (χ2n) is 4.02. The molecule has 0 fully saturated rings. The number of carbonyl (C=O) groups is 1. The van der Waals surface area contributed by atoms with E-state index in [-0.39, 0.29) is 11.9 Å². The minimum atomic E-state index is -0.00791. The van der Waals surface area contributed by atoms with Gasteiger partial charge in [-0.1, -0.05) is 0 Å². The summed E-state index contributed by atoms with van der Waals surface area (Å²) in [7, 11) is 0. The van der Waals surface area contributed by atoms with Gasteiger partial charge >= 0.3 is 0 Å². The number of amides is 1. The van der Waals surface area contributed by atoms with E-state index in [1.54, 1.807) is 0 Å². The molecule has 3 N–H and O–H groups in total. The summed E-state index contributed by atoms with van der Waals surface area (Å²) in [6, 6.07) is 7.39. The van der Waals surface area contributed by atoms with Crippen LogP contribution in [0.25, 0.3) is 0 Å². The van der Waals surface area contributed by atoms with E-state index in [1.165, 1.54) is 0 Å². The van der Waals surface area contributed by atoms with Gasteiger partial charge in [0, 0.05) is 18.2 Å². The summed E-state index contributed by atoms with van der Waals surface area (Å²) in [4.78, 5) is 11.5. The number of carbonyl (C=O) groups excluding carboxylic acids is 1. The first-order chi connectivity index (χ1) is 8.11. The normalized spacial score (nSPS) is 11.9. The highest BCUT2D eigenvalue weighted by Crippen LogP contribution is 2.15. The molecule has 1 aromatic rings. The minimum Gasteiger partial charge on any atom is -0.494 e. The number of nitrogens with two attached hydrogens (primary N) is 1. The molecular weight excluding hydrogens is 216 g/mol. The van der Waals surface area contributed by atoms with E-state index in [0.717, 1.165) is 11.4 Å². The second-order valence-corrected chi connectivity index (χ2v) is 4.02. The van der Waals surface area contributed by atoms with E-state index in [0.29, 0.717) is 19.4 Å². The van der Waals surface area contributed by atoms with Crippen LogP contribution in [0.2, 0.25) is 0 Å². The fourth-order valence-electron chi connectivity index (χ4n) is 1.38. The smallest absolute Gasteiger partial charge is 0.224 e. The zero-order valence-electron chi connectivity index (χ0n) is 10.4. The Balaban J connectivity index is 2.43. The number of hydrogen-bond donors (Lipinski definition) is 2. The van der Waals surface area contributed by atoms with Crippen molar-refractivity contribution in [3.05, 3.63) is 24.3 Å². The molecule has 1 unspecified atom stereocenters. The Labute approximate surface area is 102 Å². The van der Waals surface area contributed by atoms with Gasteiger partial charge in [-0.15, -0.1) is 0 Å². The summed E-state index contributed by atoms with van der Waals surface area (Å²) in [5, 5.41) is 2.82. The molecule has 4 nitrogen and oxygen atoms in total. The van der Waals surface area contributed by atoms with Crippen molar-refractivity contribution >= 4 is 11.6 Å². The number of nitrogens with one attached hydrogen (secondary N) is 1. The number of anilines is 1. The van der Waals surface area contributed by atoms with Crippen LogP contribution in [0.3, 0.4) is 0 Å². The van der Waals surface area contributed by atoms with Gasteiger partial charge in [-0.3, -0.25) is 4.79 Å². The topological polar surface area (TPSA) is 64.3 Å². The van der Waals surface area contributed by atoms with Crippen molar-refractivity contribution in [1.82, 2.24) is 0 Å². The minimum absolute atomic E-state index is 0.00791. The third kappa shape index (κ3) is 5.36. The molecule has 0 aliphatic carbocycles. The Morgan fingerprint density at radius 2 is 2.06 bits per heavy atom. The molecule has 0 bridgehead atoms. The molecule has 1 rings (SSSR count). The van der Waals surface area contributed by atoms with Crippen molar-refractivity contribution in [2.75, 3.05) is 11.9 Å². The highest BCUT2D eigenvalue weighted by molar-refractivity contribution is 5.90. The summed E-state index contributed by atoms with van der Waals surface area (Å²) in [6.07, 6.45) is 1.15. The van der Waals surface area contributed by atoms with Crippen LogP contribution >= 0.6 is 0 Å². The molecular formula is C13H20N2O2. The van der Waals surface area contributed by atoms with Crippen LogP contribution in [-0.2, 0) is 4.79 Å². The second kappa shape index (κ2) is 6.91. The molecule has 1 amide bonds. The van der Waals surface area contributed by atoms with E-state index in [2.05, 4.69) is 5.32 Å². The summed E-state index contributed by atoms with van der Waals surface area (Å²) in [6.45, 7) is 4.47. The van der Waals surface area contributed by atoms with Gasteiger partial charge in [-0.05, 0) is 44.5 Å². The summed E-state index contributed by atoms with van der Waals surface area (Å²) in [5.41, 5.74) is 6.37. The molecule has 0 spiro atoms. The van der Waals surface area contributed by atoms with Crippen molar-refractivity contribution in [2.24, 2.45) is 5.73 Å². The van der Waals surface area contributed by atoms with E-state index >= 15 is 0 Å². The molecule has 0 aliphatic heterocycles. The monoisotopic (exact) mass is 236 g/mol. The van der Waals surface area contributed by atoms with Crippen LogP contribution in [0.1, 0.15) is 26.7 Å². The number of ether oxygens (including phenoxy) is 1. The van der Waals surface area contributed by atoms with Gasteiger partial charge in [0.05, 0.1) is 6.61 Å². The maximum Gasteiger partial charge on any atom is 0.224 e. The average Bonchev–Trinajstić information content (AvgIpc) is 2.29. The van der Waals surface area contributed by atoms with Crippen LogP contribution in [0.5, 0.6) is 5.75 Å². The number of hydrogen-bond acceptors (Lipinski definition) is 3. The number of benzene rings is 1. The van der Waals surface area contributed by atoms with Crippen LogP contribution in [0, 0.1) is 0 Å². The Morgan fingerprint density at radius 3 is 2.59 bits per heavy atom. The maximum absolute atomic E-state index is 11.5. The number of rotatable bonds is 6. The van der Waals surface area contributed by atoms with Gasteiger partial charge in [0.1, 0.15) is 5.75 Å². The Bertz CT molecular complexity index is 347. The van der Waals surface area contributed by atoms with Crippen LogP contribution in [-0.4, -0.2) is 18.6 Å². The van der Waals surface area contributed by atoms with Crippen molar-refractivity contribution in [3.63, 3.8) is 0 Å². The van der Waals surface area contributed by atoms with Crippen LogP contribution in [0.4, 0.5) is 5.69 Å². The molecule has 1 atom stereocenters. The van der Waals surface area contributed by atoms with Gasteiger partial charge < -0.3 is 15.8 Å². The third-order valence-electron chi connectivity index (χ3n) is 2.28. The van der Waals surface area contributed by atoms with Crippen LogP contribution in [0.15, 0.2) is 24.3 Å².